The summed E-state index contributed by atoms with van der Waals surface area (Å²) in [6, 6.07) is 0. The maximum absolute atomic E-state index is 6.95. The van der Waals surface area contributed by atoms with E-state index in [0.29, 0.717) is 6.54 Å². The van der Waals surface area contributed by atoms with Crippen LogP contribution in [0.2, 0.25) is 0 Å². The Morgan fingerprint density at radius 2 is 2.00 bits per heavy atom. The van der Waals surface area contributed by atoms with E-state index in [2.05, 4.69) is 6.92 Å². The Hall–Kier alpha value is -0.770. The summed E-state index contributed by atoms with van der Waals surface area (Å²) in [4.78, 5) is 0. The fourth-order valence-corrected chi connectivity index (χ4v) is 0.756. The van der Waals surface area contributed by atoms with Crippen LogP contribution in [0.5, 0.6) is 0 Å². The summed E-state index contributed by atoms with van der Waals surface area (Å²) in [7, 11) is 0. The van der Waals surface area contributed by atoms with Crippen molar-refractivity contribution in [3.8, 4) is 0 Å². The predicted octanol–water partition coefficient (Wildman–Crippen LogP) is 0.450. The van der Waals surface area contributed by atoms with Gasteiger partial charge in [-0.05, 0) is 6.42 Å². The van der Waals surface area contributed by atoms with Gasteiger partial charge in [0.05, 0.1) is 0 Å². The largest absolute Gasteiger partial charge is 0.369 e. The third kappa shape index (κ3) is 5.66. The number of rotatable bonds is 5. The Balaban J connectivity index is 3.17. The number of hydrogen-bond donors (Lipinski definition) is 3. The lowest BCUT2D eigenvalue weighted by molar-refractivity contribution is 0.412. The van der Waals surface area contributed by atoms with Crippen LogP contribution in [0.1, 0.15) is 25.7 Å². The quantitative estimate of drug-likeness (QED) is 0.178. The molecule has 0 rings (SSSR count). The highest BCUT2D eigenvalue weighted by molar-refractivity contribution is 5.73. The van der Waals surface area contributed by atoms with Crippen LogP contribution < -0.4 is 11.6 Å². The standard InChI is InChI=1S/C7H17N4/c1-2-3-4-5-6-11(10)7(8)9/h1-6,10H2,(H3,8,9). The summed E-state index contributed by atoms with van der Waals surface area (Å²) in [6.45, 7) is 4.39. The molecule has 0 fully saturated rings. The van der Waals surface area contributed by atoms with Crippen LogP contribution >= 0.6 is 0 Å². The monoisotopic (exact) mass is 157 g/mol. The van der Waals surface area contributed by atoms with Crippen LogP contribution in [0.3, 0.4) is 0 Å². The Bertz CT molecular complexity index is 113. The van der Waals surface area contributed by atoms with Crippen molar-refractivity contribution in [2.24, 2.45) is 11.6 Å². The molecule has 0 spiro atoms. The van der Waals surface area contributed by atoms with E-state index in [1.165, 1.54) is 5.01 Å². The third-order valence-corrected chi connectivity index (χ3v) is 1.46. The molecule has 0 aromatic carbocycles. The number of nitrogens with zero attached hydrogens (tertiary/aromatic N) is 1. The van der Waals surface area contributed by atoms with Gasteiger partial charge in [0.2, 0.25) is 5.96 Å². The molecule has 0 saturated heterocycles. The second-order valence-electron chi connectivity index (χ2n) is 2.49. The Morgan fingerprint density at radius 1 is 1.36 bits per heavy atom. The van der Waals surface area contributed by atoms with Crippen molar-refractivity contribution in [1.29, 1.82) is 5.41 Å². The summed E-state index contributed by atoms with van der Waals surface area (Å²) in [5, 5.41) is 8.20. The average Bonchev–Trinajstić information content (AvgIpc) is 1.97. The molecule has 0 bridgehead atoms. The summed E-state index contributed by atoms with van der Waals surface area (Å²) in [6.07, 6.45) is 4.16. The van der Waals surface area contributed by atoms with E-state index in [9.17, 15) is 0 Å². The van der Waals surface area contributed by atoms with Crippen LogP contribution in [0, 0.1) is 12.3 Å². The van der Waals surface area contributed by atoms with Crippen molar-refractivity contribution in [3.05, 3.63) is 6.92 Å². The maximum atomic E-state index is 6.95. The summed E-state index contributed by atoms with van der Waals surface area (Å²) in [5.74, 6) is 5.30. The number of hydrazine groups is 1. The smallest absolute Gasteiger partial charge is 0.202 e. The van der Waals surface area contributed by atoms with Crippen LogP contribution in [0.15, 0.2) is 0 Å². The van der Waals surface area contributed by atoms with Gasteiger partial charge in [-0.15, -0.1) is 0 Å². The van der Waals surface area contributed by atoms with Gasteiger partial charge in [0.25, 0.3) is 0 Å². The fraction of sp³-hybridized carbons (Fsp3) is 0.714. The molecular formula is C7H17N4. The molecule has 4 nitrogen and oxygen atoms in total. The van der Waals surface area contributed by atoms with E-state index in [-0.39, 0.29) is 5.96 Å². The van der Waals surface area contributed by atoms with Crippen LogP contribution in [-0.4, -0.2) is 17.5 Å². The van der Waals surface area contributed by atoms with Gasteiger partial charge in [-0.2, -0.15) is 0 Å². The normalized spacial score (nSPS) is 9.64. The van der Waals surface area contributed by atoms with Crippen molar-refractivity contribution >= 4 is 5.96 Å². The Morgan fingerprint density at radius 3 is 2.45 bits per heavy atom. The molecule has 65 valence electrons. The molecule has 5 N–H and O–H groups in total. The van der Waals surface area contributed by atoms with Crippen LogP contribution in [-0.2, 0) is 0 Å². The molecule has 0 amide bonds. The molecule has 1 radical (unpaired) electrons. The van der Waals surface area contributed by atoms with Crippen molar-refractivity contribution in [2.75, 3.05) is 6.54 Å². The molecule has 4 heteroatoms. The van der Waals surface area contributed by atoms with Gasteiger partial charge in [-0.3, -0.25) is 10.4 Å². The van der Waals surface area contributed by atoms with Gasteiger partial charge in [-0.25, -0.2) is 5.84 Å². The van der Waals surface area contributed by atoms with Crippen LogP contribution in [0.4, 0.5) is 0 Å². The molecule has 0 aliphatic carbocycles. The Labute approximate surface area is 68.0 Å². The minimum atomic E-state index is -0.0698. The molecule has 0 heterocycles. The first kappa shape index (κ1) is 10.2. The fourth-order valence-electron chi connectivity index (χ4n) is 0.756. The predicted molar refractivity (Wildman–Crippen MR) is 46.6 cm³/mol. The minimum absolute atomic E-state index is 0.0698. The zero-order valence-corrected chi connectivity index (χ0v) is 6.84. The molecule has 0 unspecified atom stereocenters. The number of nitrogens with one attached hydrogen (secondary N) is 1. The third-order valence-electron chi connectivity index (χ3n) is 1.46. The topological polar surface area (TPSA) is 79.1 Å². The summed E-state index contributed by atoms with van der Waals surface area (Å²) >= 11 is 0. The summed E-state index contributed by atoms with van der Waals surface area (Å²) in [5.41, 5.74) is 5.12. The number of unbranched alkanes of at least 4 members (excludes halogenated alkanes) is 3. The second kappa shape index (κ2) is 5.97. The lowest BCUT2D eigenvalue weighted by atomic mass is 10.2. The number of nitrogens with two attached hydrogens (primary N) is 2. The lowest BCUT2D eigenvalue weighted by Gasteiger charge is -2.14. The number of hydrogen-bond acceptors (Lipinski definition) is 2. The SMILES string of the molecule is [CH2]CCCCCN(N)C(=N)N. The van der Waals surface area contributed by atoms with Crippen LogP contribution in [0.25, 0.3) is 0 Å². The molecule has 0 atom stereocenters. The van der Waals surface area contributed by atoms with Gasteiger partial charge in [0.1, 0.15) is 0 Å². The van der Waals surface area contributed by atoms with E-state index in [0.717, 1.165) is 25.7 Å². The van der Waals surface area contributed by atoms with Crippen molar-refractivity contribution in [3.63, 3.8) is 0 Å². The molecule has 0 aromatic rings. The molecular weight excluding hydrogens is 140 g/mol. The van der Waals surface area contributed by atoms with Gasteiger partial charge in [0.15, 0.2) is 0 Å². The van der Waals surface area contributed by atoms with Crippen molar-refractivity contribution < 1.29 is 0 Å². The molecule has 0 saturated carbocycles. The highest BCUT2D eigenvalue weighted by Gasteiger charge is 1.97. The van der Waals surface area contributed by atoms with Gasteiger partial charge >= 0.3 is 0 Å². The summed E-state index contributed by atoms with van der Waals surface area (Å²) < 4.78 is 0. The first-order valence-electron chi connectivity index (χ1n) is 3.84. The lowest BCUT2D eigenvalue weighted by Crippen LogP contribution is -2.42. The number of guanidine groups is 1. The molecule has 0 aliphatic rings. The maximum Gasteiger partial charge on any atom is 0.202 e. The minimum Gasteiger partial charge on any atom is -0.369 e. The highest BCUT2D eigenvalue weighted by Crippen LogP contribution is 1.98. The van der Waals surface area contributed by atoms with Gasteiger partial charge in [0, 0.05) is 6.54 Å². The van der Waals surface area contributed by atoms with E-state index in [4.69, 9.17) is 17.0 Å². The van der Waals surface area contributed by atoms with E-state index in [1.807, 2.05) is 0 Å². The van der Waals surface area contributed by atoms with Gasteiger partial charge in [-0.1, -0.05) is 26.2 Å². The Kier molecular flexibility index (Phi) is 5.56. The van der Waals surface area contributed by atoms with Gasteiger partial charge < -0.3 is 5.73 Å². The molecule has 0 aromatic heterocycles. The average molecular weight is 157 g/mol. The zero-order valence-electron chi connectivity index (χ0n) is 6.84. The second-order valence-corrected chi connectivity index (χ2v) is 2.49. The first-order chi connectivity index (χ1) is 5.18. The van der Waals surface area contributed by atoms with E-state index >= 15 is 0 Å². The van der Waals surface area contributed by atoms with Crippen molar-refractivity contribution in [1.82, 2.24) is 5.01 Å². The highest BCUT2D eigenvalue weighted by atomic mass is 15.4. The first-order valence-corrected chi connectivity index (χ1v) is 3.84. The zero-order chi connectivity index (χ0) is 8.69. The molecule has 11 heavy (non-hydrogen) atoms. The molecule has 0 aliphatic heterocycles. The van der Waals surface area contributed by atoms with E-state index < -0.39 is 0 Å². The van der Waals surface area contributed by atoms with E-state index in [1.54, 1.807) is 0 Å². The van der Waals surface area contributed by atoms with Crippen molar-refractivity contribution in [2.45, 2.75) is 25.7 Å².